The number of pyridine rings is 1. The maximum Gasteiger partial charge on any atom is 0.256 e. The second-order valence-corrected chi connectivity index (χ2v) is 11.3. The minimum Gasteiger partial charge on any atom is -0.451 e. The molecule has 212 valence electrons. The molecule has 0 unspecified atom stereocenters. The van der Waals surface area contributed by atoms with E-state index in [1.807, 2.05) is 36.4 Å². The second-order valence-electron chi connectivity index (χ2n) is 11.3. The summed E-state index contributed by atoms with van der Waals surface area (Å²) in [5, 5.41) is 8.17. The molecular weight excluding hydrogens is 523 g/mol. The quantitative estimate of drug-likeness (QED) is 0.287. The first-order valence-electron chi connectivity index (χ1n) is 14.4. The fraction of sp³-hybridized carbons (Fsp3) is 0.375. The number of benzene rings is 3. The highest BCUT2D eigenvalue weighted by molar-refractivity contribution is 6.02. The zero-order valence-corrected chi connectivity index (χ0v) is 23.0. The van der Waals surface area contributed by atoms with Crippen LogP contribution in [0.3, 0.4) is 0 Å². The smallest absolute Gasteiger partial charge is 0.256 e. The van der Waals surface area contributed by atoms with E-state index in [1.54, 1.807) is 10.8 Å². The molecule has 0 spiro atoms. The van der Waals surface area contributed by atoms with Crippen molar-refractivity contribution < 1.29 is 18.7 Å². The van der Waals surface area contributed by atoms with Gasteiger partial charge in [0.25, 0.3) is 5.91 Å². The SMILES string of the molecule is CN1CCC[C@H]1CCNC(=O)c1cn2c3c(c(NC[C@@H]4CCCO4)c(F)cc3c1=O)Oc1cc3ccccc3cc1-2. The van der Waals surface area contributed by atoms with Crippen molar-refractivity contribution in [2.75, 3.05) is 38.6 Å². The van der Waals surface area contributed by atoms with Gasteiger partial charge in [-0.05, 0) is 74.7 Å². The summed E-state index contributed by atoms with van der Waals surface area (Å²) in [6, 6.07) is 13.4. The highest BCUT2D eigenvalue weighted by atomic mass is 19.1. The predicted molar refractivity (Wildman–Crippen MR) is 157 cm³/mol. The fourth-order valence-corrected chi connectivity index (χ4v) is 6.44. The number of anilines is 1. The van der Waals surface area contributed by atoms with Gasteiger partial charge < -0.3 is 29.6 Å². The summed E-state index contributed by atoms with van der Waals surface area (Å²) in [5.41, 5.74) is 0.740. The Labute approximate surface area is 237 Å². The van der Waals surface area contributed by atoms with Crippen molar-refractivity contribution in [1.29, 1.82) is 0 Å². The maximum absolute atomic E-state index is 15.7. The molecule has 7 rings (SSSR count). The Hall–Kier alpha value is -3.95. The van der Waals surface area contributed by atoms with Gasteiger partial charge in [-0.3, -0.25) is 9.59 Å². The van der Waals surface area contributed by atoms with Crippen molar-refractivity contribution in [3.05, 3.63) is 70.3 Å². The molecule has 0 saturated carbocycles. The number of likely N-dealkylation sites (tertiary alicyclic amines) is 1. The molecule has 8 nitrogen and oxygen atoms in total. The first-order chi connectivity index (χ1) is 20.0. The Morgan fingerprint density at radius 2 is 1.95 bits per heavy atom. The lowest BCUT2D eigenvalue weighted by molar-refractivity contribution is 0.0948. The molecule has 0 aliphatic carbocycles. The van der Waals surface area contributed by atoms with Crippen molar-refractivity contribution in [3.63, 3.8) is 0 Å². The van der Waals surface area contributed by atoms with Gasteiger partial charge in [0.2, 0.25) is 5.43 Å². The van der Waals surface area contributed by atoms with E-state index in [0.29, 0.717) is 42.7 Å². The van der Waals surface area contributed by atoms with Crippen LogP contribution in [0.1, 0.15) is 42.5 Å². The molecular formula is C32H33FN4O4. The fourth-order valence-electron chi connectivity index (χ4n) is 6.44. The van der Waals surface area contributed by atoms with Gasteiger partial charge >= 0.3 is 0 Å². The van der Waals surface area contributed by atoms with Gasteiger partial charge in [0.1, 0.15) is 16.8 Å². The minimum absolute atomic E-state index is 0.0191. The van der Waals surface area contributed by atoms with Crippen molar-refractivity contribution in [2.45, 2.75) is 44.2 Å². The van der Waals surface area contributed by atoms with Crippen LogP contribution in [0.15, 0.2) is 53.5 Å². The van der Waals surface area contributed by atoms with Crippen LogP contribution in [0.5, 0.6) is 11.5 Å². The van der Waals surface area contributed by atoms with Gasteiger partial charge in [0.05, 0.1) is 17.2 Å². The van der Waals surface area contributed by atoms with E-state index in [0.717, 1.165) is 49.4 Å². The summed E-state index contributed by atoms with van der Waals surface area (Å²) in [5.74, 6) is -0.325. The van der Waals surface area contributed by atoms with Crippen LogP contribution in [0.25, 0.3) is 27.4 Å². The van der Waals surface area contributed by atoms with Gasteiger partial charge in [-0.25, -0.2) is 4.39 Å². The van der Waals surface area contributed by atoms with Crippen molar-refractivity contribution in [1.82, 2.24) is 14.8 Å². The number of carbonyl (C=O) groups excluding carboxylic acids is 1. The summed E-state index contributed by atoms with van der Waals surface area (Å²) in [4.78, 5) is 29.4. The molecule has 41 heavy (non-hydrogen) atoms. The number of ether oxygens (including phenoxy) is 2. The molecule has 0 radical (unpaired) electrons. The lowest BCUT2D eigenvalue weighted by atomic mass is 10.0. The lowest BCUT2D eigenvalue weighted by Crippen LogP contribution is -2.34. The first kappa shape index (κ1) is 26.0. The number of nitrogens with zero attached hydrogens (tertiary/aromatic N) is 2. The number of hydrogen-bond donors (Lipinski definition) is 2. The van der Waals surface area contributed by atoms with Gasteiger partial charge in [-0.15, -0.1) is 0 Å². The van der Waals surface area contributed by atoms with Gasteiger partial charge in [-0.1, -0.05) is 24.3 Å². The van der Waals surface area contributed by atoms with E-state index in [9.17, 15) is 9.59 Å². The average molecular weight is 557 g/mol. The molecule has 2 N–H and O–H groups in total. The first-order valence-corrected chi connectivity index (χ1v) is 14.4. The molecule has 0 bridgehead atoms. The second kappa shape index (κ2) is 10.5. The third kappa shape index (κ3) is 4.63. The molecule has 4 heterocycles. The van der Waals surface area contributed by atoms with Crippen LogP contribution in [-0.4, -0.2) is 60.8 Å². The van der Waals surface area contributed by atoms with E-state index in [1.165, 1.54) is 6.07 Å². The molecule has 2 fully saturated rings. The Morgan fingerprint density at radius 1 is 1.12 bits per heavy atom. The zero-order valence-electron chi connectivity index (χ0n) is 23.0. The van der Waals surface area contributed by atoms with Crippen molar-refractivity contribution in [3.8, 4) is 17.2 Å². The topological polar surface area (TPSA) is 84.8 Å². The van der Waals surface area contributed by atoms with Crippen LogP contribution in [0, 0.1) is 5.82 Å². The zero-order chi connectivity index (χ0) is 28.1. The molecule has 2 atom stereocenters. The van der Waals surface area contributed by atoms with Crippen LogP contribution in [-0.2, 0) is 4.74 Å². The summed E-state index contributed by atoms with van der Waals surface area (Å²) < 4.78 is 29.6. The average Bonchev–Trinajstić information content (AvgIpc) is 3.64. The van der Waals surface area contributed by atoms with Gasteiger partial charge in [-0.2, -0.15) is 0 Å². The Bertz CT molecular complexity index is 1730. The summed E-state index contributed by atoms with van der Waals surface area (Å²) >= 11 is 0. The Kier molecular flexibility index (Phi) is 6.63. The Morgan fingerprint density at radius 3 is 2.71 bits per heavy atom. The molecule has 3 aliphatic heterocycles. The predicted octanol–water partition coefficient (Wildman–Crippen LogP) is 5.19. The van der Waals surface area contributed by atoms with Crippen LogP contribution >= 0.6 is 0 Å². The van der Waals surface area contributed by atoms with Gasteiger partial charge in [0.15, 0.2) is 17.3 Å². The van der Waals surface area contributed by atoms with E-state index in [2.05, 4.69) is 22.6 Å². The standard InChI is InChI=1S/C32H33FN4O4/c1-36-12-4-8-21(36)10-11-34-32(39)24-18-37-26-14-19-6-2-3-7-20(19)15-27(26)41-31-28(35-17-22-9-5-13-40-22)25(33)16-23(29(31)37)30(24)38/h2-3,6-7,14-16,18,21-22,35H,4-5,8-13,17H2,1H3,(H,34,39)/t21-,22-/m0/s1. The number of halogens is 1. The minimum atomic E-state index is -0.611. The molecule has 1 aromatic heterocycles. The molecule has 3 aliphatic rings. The largest absolute Gasteiger partial charge is 0.451 e. The molecule has 4 aromatic rings. The van der Waals surface area contributed by atoms with Crippen LogP contribution in [0.4, 0.5) is 10.1 Å². The Balaban J connectivity index is 1.33. The van der Waals surface area contributed by atoms with Crippen LogP contribution in [0.2, 0.25) is 0 Å². The summed E-state index contributed by atoms with van der Waals surface area (Å²) in [6.45, 7) is 2.63. The van der Waals surface area contributed by atoms with E-state index < -0.39 is 17.2 Å². The van der Waals surface area contributed by atoms with Crippen molar-refractivity contribution in [2.24, 2.45) is 0 Å². The summed E-state index contributed by atoms with van der Waals surface area (Å²) in [6.07, 6.45) is 6.48. The van der Waals surface area contributed by atoms with Crippen molar-refractivity contribution >= 4 is 33.3 Å². The number of amides is 1. The number of nitrogens with one attached hydrogen (secondary N) is 2. The molecule has 3 aromatic carbocycles. The van der Waals surface area contributed by atoms with E-state index in [-0.39, 0.29) is 28.5 Å². The maximum atomic E-state index is 15.7. The summed E-state index contributed by atoms with van der Waals surface area (Å²) in [7, 11) is 2.10. The number of hydrogen-bond acceptors (Lipinski definition) is 6. The lowest BCUT2D eigenvalue weighted by Gasteiger charge is -2.27. The van der Waals surface area contributed by atoms with E-state index in [4.69, 9.17) is 9.47 Å². The molecule has 9 heteroatoms. The highest BCUT2D eigenvalue weighted by Crippen LogP contribution is 2.46. The molecule has 2 saturated heterocycles. The van der Waals surface area contributed by atoms with Gasteiger partial charge in [0, 0.05) is 31.9 Å². The molecule has 1 amide bonds. The number of carbonyl (C=O) groups is 1. The third-order valence-corrected chi connectivity index (χ3v) is 8.70. The number of fused-ring (bicyclic) bond motifs is 3. The third-order valence-electron chi connectivity index (χ3n) is 8.70. The number of aromatic nitrogens is 1. The normalized spacial score (nSPS) is 19.9. The monoisotopic (exact) mass is 556 g/mol. The van der Waals surface area contributed by atoms with E-state index >= 15 is 4.39 Å². The van der Waals surface area contributed by atoms with Crippen LogP contribution < -0.4 is 20.8 Å². The number of rotatable bonds is 7. The highest BCUT2D eigenvalue weighted by Gasteiger charge is 2.30.